The van der Waals surface area contributed by atoms with Crippen LogP contribution in [0.25, 0.3) is 0 Å². The van der Waals surface area contributed by atoms with Crippen molar-refractivity contribution in [2.24, 2.45) is 0 Å². The molecule has 0 atom stereocenters. The SMILES string of the molecule is CCCCCC(=O)c1ccccc1OC(F)F. The zero-order valence-corrected chi connectivity index (χ0v) is 9.79. The minimum absolute atomic E-state index is 0.0380. The molecule has 94 valence electrons. The highest BCUT2D eigenvalue weighted by molar-refractivity contribution is 5.98. The van der Waals surface area contributed by atoms with Crippen molar-refractivity contribution in [2.45, 2.75) is 39.2 Å². The molecule has 0 heterocycles. The lowest BCUT2D eigenvalue weighted by atomic mass is 10.0. The van der Waals surface area contributed by atoms with E-state index in [-0.39, 0.29) is 17.1 Å². The zero-order valence-electron chi connectivity index (χ0n) is 9.79. The number of ether oxygens (including phenoxy) is 1. The maximum absolute atomic E-state index is 12.1. The molecule has 0 aliphatic rings. The van der Waals surface area contributed by atoms with Gasteiger partial charge >= 0.3 is 6.61 Å². The van der Waals surface area contributed by atoms with Crippen LogP contribution in [0.5, 0.6) is 5.75 Å². The highest BCUT2D eigenvalue weighted by Gasteiger charge is 2.14. The second-order valence-corrected chi connectivity index (χ2v) is 3.75. The number of rotatable bonds is 7. The van der Waals surface area contributed by atoms with Crippen molar-refractivity contribution in [3.63, 3.8) is 0 Å². The van der Waals surface area contributed by atoms with Crippen LogP contribution in [0.1, 0.15) is 43.0 Å². The van der Waals surface area contributed by atoms with Crippen LogP contribution >= 0.6 is 0 Å². The van der Waals surface area contributed by atoms with Gasteiger partial charge in [0.15, 0.2) is 5.78 Å². The summed E-state index contributed by atoms with van der Waals surface area (Å²) in [5.41, 5.74) is 0.240. The van der Waals surface area contributed by atoms with Gasteiger partial charge in [0.25, 0.3) is 0 Å². The Bertz CT molecular complexity index is 364. The van der Waals surface area contributed by atoms with E-state index in [4.69, 9.17) is 0 Å². The smallest absolute Gasteiger partial charge is 0.387 e. The molecule has 0 aromatic heterocycles. The molecule has 1 aromatic carbocycles. The maximum atomic E-state index is 12.1. The van der Waals surface area contributed by atoms with Gasteiger partial charge in [-0.3, -0.25) is 4.79 Å². The molecule has 1 rings (SSSR count). The maximum Gasteiger partial charge on any atom is 0.387 e. The second-order valence-electron chi connectivity index (χ2n) is 3.75. The molecule has 0 bridgehead atoms. The highest BCUT2D eigenvalue weighted by Crippen LogP contribution is 2.22. The summed E-state index contributed by atoms with van der Waals surface area (Å²) in [4.78, 5) is 11.8. The van der Waals surface area contributed by atoms with Gasteiger partial charge in [0.05, 0.1) is 5.56 Å². The first kappa shape index (κ1) is 13.6. The standard InChI is InChI=1S/C13H16F2O2/c1-2-3-4-8-11(16)10-7-5-6-9-12(10)17-13(14)15/h5-7,9,13H,2-4,8H2,1H3. The molecule has 0 radical (unpaired) electrons. The van der Waals surface area contributed by atoms with Gasteiger partial charge in [-0.2, -0.15) is 8.78 Å². The molecule has 0 unspecified atom stereocenters. The minimum atomic E-state index is -2.90. The van der Waals surface area contributed by atoms with Gasteiger partial charge < -0.3 is 4.74 Å². The number of Topliss-reactive ketones (excluding diaryl/α,β-unsaturated/α-hetero) is 1. The number of carbonyl (C=O) groups excluding carboxylic acids is 1. The van der Waals surface area contributed by atoms with Gasteiger partial charge in [0.1, 0.15) is 5.75 Å². The number of benzene rings is 1. The van der Waals surface area contributed by atoms with Crippen LogP contribution in [0.2, 0.25) is 0 Å². The van der Waals surface area contributed by atoms with Gasteiger partial charge in [-0.25, -0.2) is 0 Å². The van der Waals surface area contributed by atoms with Crippen LogP contribution in [0, 0.1) is 0 Å². The number of ketones is 1. The van der Waals surface area contributed by atoms with E-state index < -0.39 is 6.61 Å². The molecule has 0 spiro atoms. The van der Waals surface area contributed by atoms with Gasteiger partial charge in [-0.1, -0.05) is 31.9 Å². The third kappa shape index (κ3) is 4.51. The van der Waals surface area contributed by atoms with Crippen molar-refractivity contribution in [3.05, 3.63) is 29.8 Å². The summed E-state index contributed by atoms with van der Waals surface area (Å²) in [5, 5.41) is 0. The molecule has 0 aliphatic heterocycles. The number of halogens is 2. The Hall–Kier alpha value is -1.45. The quantitative estimate of drug-likeness (QED) is 0.532. The van der Waals surface area contributed by atoms with Crippen LogP contribution in [0.3, 0.4) is 0 Å². The van der Waals surface area contributed by atoms with Crippen molar-refractivity contribution in [1.29, 1.82) is 0 Å². The van der Waals surface area contributed by atoms with E-state index in [9.17, 15) is 13.6 Å². The number of unbranched alkanes of at least 4 members (excludes halogenated alkanes) is 2. The first-order chi connectivity index (χ1) is 8.15. The number of alkyl halides is 2. The lowest BCUT2D eigenvalue weighted by Crippen LogP contribution is -2.08. The van der Waals surface area contributed by atoms with Crippen LogP contribution < -0.4 is 4.74 Å². The molecule has 2 nitrogen and oxygen atoms in total. The molecule has 4 heteroatoms. The van der Waals surface area contributed by atoms with Crippen LogP contribution in [0.15, 0.2) is 24.3 Å². The van der Waals surface area contributed by atoms with Crippen LogP contribution in [-0.4, -0.2) is 12.4 Å². The lowest BCUT2D eigenvalue weighted by Gasteiger charge is -2.09. The summed E-state index contributed by atoms with van der Waals surface area (Å²) in [5.74, 6) is -0.182. The van der Waals surface area contributed by atoms with Crippen molar-refractivity contribution in [1.82, 2.24) is 0 Å². The van der Waals surface area contributed by atoms with E-state index in [1.54, 1.807) is 12.1 Å². The first-order valence-electron chi connectivity index (χ1n) is 5.72. The minimum Gasteiger partial charge on any atom is -0.434 e. The van der Waals surface area contributed by atoms with E-state index in [1.165, 1.54) is 12.1 Å². The zero-order chi connectivity index (χ0) is 12.7. The summed E-state index contributed by atoms with van der Waals surface area (Å²) in [6.45, 7) is -0.863. The Kier molecular flexibility index (Phi) is 5.60. The summed E-state index contributed by atoms with van der Waals surface area (Å²) >= 11 is 0. The number of hydrogen-bond donors (Lipinski definition) is 0. The fraction of sp³-hybridized carbons (Fsp3) is 0.462. The molecule has 1 aromatic rings. The summed E-state index contributed by atoms with van der Waals surface area (Å²) < 4.78 is 28.6. The Morgan fingerprint density at radius 3 is 2.65 bits per heavy atom. The fourth-order valence-corrected chi connectivity index (χ4v) is 1.57. The van der Waals surface area contributed by atoms with Crippen LogP contribution in [-0.2, 0) is 0 Å². The molecule has 0 aliphatic carbocycles. The Morgan fingerprint density at radius 1 is 1.29 bits per heavy atom. The van der Waals surface area contributed by atoms with Crippen molar-refractivity contribution >= 4 is 5.78 Å². The predicted octanol–water partition coefficient (Wildman–Crippen LogP) is 4.05. The predicted molar refractivity (Wildman–Crippen MR) is 61.5 cm³/mol. The van der Waals surface area contributed by atoms with Gasteiger partial charge in [0, 0.05) is 6.42 Å². The highest BCUT2D eigenvalue weighted by atomic mass is 19.3. The average Bonchev–Trinajstić information content (AvgIpc) is 2.29. The fourth-order valence-electron chi connectivity index (χ4n) is 1.57. The monoisotopic (exact) mass is 242 g/mol. The van der Waals surface area contributed by atoms with Gasteiger partial charge in [-0.05, 0) is 18.6 Å². The Morgan fingerprint density at radius 2 is 2.00 bits per heavy atom. The molecular formula is C13H16F2O2. The Labute approximate surface area is 99.6 Å². The molecule has 0 N–H and O–H groups in total. The summed E-state index contributed by atoms with van der Waals surface area (Å²) in [6.07, 6.45) is 3.13. The van der Waals surface area contributed by atoms with E-state index in [0.717, 1.165) is 19.3 Å². The molecule has 0 amide bonds. The lowest BCUT2D eigenvalue weighted by molar-refractivity contribution is -0.0501. The first-order valence-corrected chi connectivity index (χ1v) is 5.72. The van der Waals surface area contributed by atoms with E-state index in [1.807, 2.05) is 6.92 Å². The van der Waals surface area contributed by atoms with Gasteiger partial charge in [-0.15, -0.1) is 0 Å². The Balaban J connectivity index is 2.71. The van der Waals surface area contributed by atoms with E-state index >= 15 is 0 Å². The normalized spacial score (nSPS) is 10.6. The molecule has 0 fully saturated rings. The van der Waals surface area contributed by atoms with Crippen molar-refractivity contribution in [2.75, 3.05) is 0 Å². The number of hydrogen-bond acceptors (Lipinski definition) is 2. The van der Waals surface area contributed by atoms with E-state index in [0.29, 0.717) is 6.42 Å². The number of para-hydroxylation sites is 1. The van der Waals surface area contributed by atoms with Crippen molar-refractivity contribution in [3.8, 4) is 5.75 Å². The summed E-state index contributed by atoms with van der Waals surface area (Å²) in [7, 11) is 0. The molecular weight excluding hydrogens is 226 g/mol. The van der Waals surface area contributed by atoms with E-state index in [2.05, 4.69) is 4.74 Å². The molecule has 0 saturated carbocycles. The molecule has 17 heavy (non-hydrogen) atoms. The number of carbonyl (C=O) groups is 1. The topological polar surface area (TPSA) is 26.3 Å². The van der Waals surface area contributed by atoms with Gasteiger partial charge in [0.2, 0.25) is 0 Å². The third-order valence-corrected chi connectivity index (χ3v) is 2.41. The van der Waals surface area contributed by atoms with Crippen LogP contribution in [0.4, 0.5) is 8.78 Å². The second kappa shape index (κ2) is 6.99. The van der Waals surface area contributed by atoms with Crippen molar-refractivity contribution < 1.29 is 18.3 Å². The third-order valence-electron chi connectivity index (χ3n) is 2.41. The average molecular weight is 242 g/mol. The largest absolute Gasteiger partial charge is 0.434 e. The summed E-state index contributed by atoms with van der Waals surface area (Å²) in [6, 6.07) is 6.12. The molecule has 0 saturated heterocycles.